The Morgan fingerprint density at radius 2 is 2.14 bits per heavy atom. The standard InChI is InChI=1S/C26H32N6O2S/c1-17(2)24(25-28-29-30-32(25)15-21-6-4-10-34-21)31(16-22-7-5-11-35-22)14-20-13-19-12-18(3)8-9-23(19)27-26(20)33/h5,7-9,11-13,17,21,24H,4,6,10,14-16H2,1-3H3,(H,27,33)/t21-,24+/m0/s1. The van der Waals surface area contributed by atoms with Gasteiger partial charge in [-0.05, 0) is 71.1 Å². The molecule has 5 rings (SSSR count). The van der Waals surface area contributed by atoms with E-state index in [9.17, 15) is 4.79 Å². The van der Waals surface area contributed by atoms with Crippen molar-refractivity contribution in [3.8, 4) is 0 Å². The fourth-order valence-corrected chi connectivity index (χ4v) is 5.71. The Bertz CT molecular complexity index is 1320. The zero-order valence-corrected chi connectivity index (χ0v) is 21.3. The van der Waals surface area contributed by atoms with E-state index < -0.39 is 0 Å². The smallest absolute Gasteiger partial charge is 0.252 e. The van der Waals surface area contributed by atoms with Crippen LogP contribution in [0, 0.1) is 12.8 Å². The van der Waals surface area contributed by atoms with E-state index in [2.05, 4.69) is 69.8 Å². The Hall–Kier alpha value is -2.88. The fourth-order valence-electron chi connectivity index (χ4n) is 4.98. The zero-order chi connectivity index (χ0) is 24.4. The molecule has 0 bridgehead atoms. The molecule has 0 unspecified atom stereocenters. The third-order valence-corrected chi connectivity index (χ3v) is 7.50. The molecule has 4 heterocycles. The molecule has 0 radical (unpaired) electrons. The predicted octanol–water partition coefficient (Wildman–Crippen LogP) is 4.46. The number of aromatic nitrogens is 5. The van der Waals surface area contributed by atoms with Crippen LogP contribution in [-0.4, -0.2) is 42.8 Å². The lowest BCUT2D eigenvalue weighted by Gasteiger charge is -2.33. The quantitative estimate of drug-likeness (QED) is 0.371. The van der Waals surface area contributed by atoms with Gasteiger partial charge in [-0.2, -0.15) is 0 Å². The first kappa shape index (κ1) is 23.8. The molecule has 0 aliphatic carbocycles. The van der Waals surface area contributed by atoms with Gasteiger partial charge in [-0.15, -0.1) is 16.4 Å². The fraction of sp³-hybridized carbons (Fsp3) is 0.462. The molecular weight excluding hydrogens is 460 g/mol. The van der Waals surface area contributed by atoms with E-state index in [1.54, 1.807) is 11.3 Å². The van der Waals surface area contributed by atoms with E-state index in [0.29, 0.717) is 19.6 Å². The molecular formula is C26H32N6O2S. The van der Waals surface area contributed by atoms with Crippen molar-refractivity contribution < 1.29 is 4.74 Å². The van der Waals surface area contributed by atoms with Crippen molar-refractivity contribution in [1.82, 2.24) is 30.1 Å². The molecule has 3 aromatic heterocycles. The summed E-state index contributed by atoms with van der Waals surface area (Å²) >= 11 is 1.72. The van der Waals surface area contributed by atoms with Gasteiger partial charge in [-0.1, -0.05) is 31.5 Å². The highest BCUT2D eigenvalue weighted by Crippen LogP contribution is 2.31. The SMILES string of the molecule is Cc1ccc2[nH]c(=O)c(CN(Cc3cccs3)[C@@H](c3nnnn3C[C@@H]3CCCO3)C(C)C)cc2c1. The summed E-state index contributed by atoms with van der Waals surface area (Å²) < 4.78 is 7.75. The summed E-state index contributed by atoms with van der Waals surface area (Å²) in [5.41, 5.74) is 2.71. The van der Waals surface area contributed by atoms with Crippen LogP contribution in [0.5, 0.6) is 0 Å². The molecule has 1 aromatic carbocycles. The lowest BCUT2D eigenvalue weighted by molar-refractivity contribution is 0.0853. The number of ether oxygens (including phenoxy) is 1. The number of aromatic amines is 1. The lowest BCUT2D eigenvalue weighted by Crippen LogP contribution is -2.35. The molecule has 35 heavy (non-hydrogen) atoms. The number of hydrogen-bond donors (Lipinski definition) is 1. The number of thiophene rings is 1. The Balaban J connectivity index is 1.52. The summed E-state index contributed by atoms with van der Waals surface area (Å²) in [5, 5.41) is 16.0. The zero-order valence-electron chi connectivity index (χ0n) is 20.5. The average Bonchev–Trinajstić information content (AvgIpc) is 3.59. The largest absolute Gasteiger partial charge is 0.376 e. The van der Waals surface area contributed by atoms with E-state index in [0.717, 1.165) is 41.7 Å². The van der Waals surface area contributed by atoms with Crippen LogP contribution in [-0.2, 0) is 24.4 Å². The summed E-state index contributed by atoms with van der Waals surface area (Å²) in [6, 6.07) is 12.3. The molecule has 0 spiro atoms. The monoisotopic (exact) mass is 492 g/mol. The molecule has 2 atom stereocenters. The van der Waals surface area contributed by atoms with Gasteiger partial charge >= 0.3 is 0 Å². The number of H-pyrrole nitrogens is 1. The maximum Gasteiger partial charge on any atom is 0.252 e. The highest BCUT2D eigenvalue weighted by molar-refractivity contribution is 7.09. The molecule has 1 aliphatic heterocycles. The van der Waals surface area contributed by atoms with Crippen molar-refractivity contribution in [1.29, 1.82) is 0 Å². The molecule has 4 aromatic rings. The number of rotatable bonds is 9. The number of nitrogens with zero attached hydrogens (tertiary/aromatic N) is 5. The van der Waals surface area contributed by atoms with Crippen molar-refractivity contribution in [2.24, 2.45) is 5.92 Å². The van der Waals surface area contributed by atoms with Gasteiger partial charge in [0.15, 0.2) is 5.82 Å². The molecule has 184 valence electrons. The Morgan fingerprint density at radius 1 is 1.26 bits per heavy atom. The Labute approximate surface area is 208 Å². The van der Waals surface area contributed by atoms with E-state index in [1.807, 2.05) is 22.9 Å². The second kappa shape index (κ2) is 10.4. The van der Waals surface area contributed by atoms with Gasteiger partial charge in [0.05, 0.1) is 18.7 Å². The Morgan fingerprint density at radius 3 is 2.89 bits per heavy atom. The van der Waals surface area contributed by atoms with Gasteiger partial charge in [0.25, 0.3) is 5.56 Å². The second-order valence-electron chi connectivity index (χ2n) is 9.74. The van der Waals surface area contributed by atoms with Crippen LogP contribution in [0.1, 0.15) is 54.6 Å². The number of tetrazole rings is 1. The normalized spacial score (nSPS) is 17.1. The number of nitrogens with one attached hydrogen (secondary N) is 1. The summed E-state index contributed by atoms with van der Waals surface area (Å²) in [4.78, 5) is 19.7. The molecule has 1 aliphatic rings. The van der Waals surface area contributed by atoms with Gasteiger partial charge in [0.2, 0.25) is 0 Å². The highest BCUT2D eigenvalue weighted by Gasteiger charge is 2.31. The summed E-state index contributed by atoms with van der Waals surface area (Å²) in [6.45, 7) is 9.08. The molecule has 0 amide bonds. The topological polar surface area (TPSA) is 88.9 Å². The number of aryl methyl sites for hydroxylation is 1. The van der Waals surface area contributed by atoms with E-state index in [-0.39, 0.29) is 23.6 Å². The van der Waals surface area contributed by atoms with E-state index >= 15 is 0 Å². The van der Waals surface area contributed by atoms with Gasteiger partial charge in [-0.25, -0.2) is 4.68 Å². The van der Waals surface area contributed by atoms with Crippen LogP contribution in [0.2, 0.25) is 0 Å². The molecule has 1 N–H and O–H groups in total. The highest BCUT2D eigenvalue weighted by atomic mass is 32.1. The third kappa shape index (κ3) is 5.37. The number of benzene rings is 1. The molecule has 8 nitrogen and oxygen atoms in total. The molecule has 9 heteroatoms. The molecule has 0 saturated carbocycles. The van der Waals surface area contributed by atoms with Crippen LogP contribution in [0.25, 0.3) is 10.9 Å². The minimum Gasteiger partial charge on any atom is -0.376 e. The summed E-state index contributed by atoms with van der Waals surface area (Å²) in [6.07, 6.45) is 2.24. The van der Waals surface area contributed by atoms with Crippen LogP contribution < -0.4 is 5.56 Å². The Kier molecular flexibility index (Phi) is 7.08. The number of pyridine rings is 1. The number of fused-ring (bicyclic) bond motifs is 1. The second-order valence-corrected chi connectivity index (χ2v) is 10.8. The van der Waals surface area contributed by atoms with Crippen LogP contribution in [0.3, 0.4) is 0 Å². The first-order valence-corrected chi connectivity index (χ1v) is 13.1. The first-order valence-electron chi connectivity index (χ1n) is 12.2. The van der Waals surface area contributed by atoms with E-state index in [4.69, 9.17) is 4.74 Å². The predicted molar refractivity (Wildman–Crippen MR) is 137 cm³/mol. The average molecular weight is 493 g/mol. The maximum absolute atomic E-state index is 13.1. The van der Waals surface area contributed by atoms with Crippen molar-refractivity contribution >= 4 is 22.2 Å². The van der Waals surface area contributed by atoms with Crippen LogP contribution >= 0.6 is 11.3 Å². The van der Waals surface area contributed by atoms with Gasteiger partial charge in [0.1, 0.15) is 0 Å². The minimum absolute atomic E-state index is 0.0565. The van der Waals surface area contributed by atoms with Gasteiger partial charge in [-0.3, -0.25) is 9.69 Å². The van der Waals surface area contributed by atoms with E-state index in [1.165, 1.54) is 10.4 Å². The summed E-state index contributed by atoms with van der Waals surface area (Å²) in [7, 11) is 0. The van der Waals surface area contributed by atoms with Crippen molar-refractivity contribution in [2.75, 3.05) is 6.61 Å². The van der Waals surface area contributed by atoms with Crippen molar-refractivity contribution in [3.63, 3.8) is 0 Å². The first-order chi connectivity index (χ1) is 17.0. The number of hydrogen-bond acceptors (Lipinski definition) is 7. The third-order valence-electron chi connectivity index (χ3n) is 6.64. The minimum atomic E-state index is -0.0684. The maximum atomic E-state index is 13.1. The molecule has 1 fully saturated rings. The van der Waals surface area contributed by atoms with Crippen molar-refractivity contribution in [2.45, 2.75) is 65.4 Å². The van der Waals surface area contributed by atoms with Gasteiger partial charge in [0, 0.05) is 35.7 Å². The molecule has 1 saturated heterocycles. The van der Waals surface area contributed by atoms with Crippen molar-refractivity contribution in [3.05, 3.63) is 74.0 Å². The lowest BCUT2D eigenvalue weighted by atomic mass is 10.00. The van der Waals surface area contributed by atoms with Crippen LogP contribution in [0.4, 0.5) is 0 Å². The van der Waals surface area contributed by atoms with Gasteiger partial charge < -0.3 is 9.72 Å². The van der Waals surface area contributed by atoms with Crippen LogP contribution in [0.15, 0.2) is 46.6 Å². The summed E-state index contributed by atoms with van der Waals surface area (Å²) in [5.74, 6) is 1.05.